The van der Waals surface area contributed by atoms with Gasteiger partial charge in [-0.2, -0.15) is 0 Å². The summed E-state index contributed by atoms with van der Waals surface area (Å²) in [7, 11) is 0. The van der Waals surface area contributed by atoms with Crippen LogP contribution in [-0.2, 0) is 4.79 Å². The number of halogens is 1. The van der Waals surface area contributed by atoms with Crippen LogP contribution < -0.4 is 4.90 Å². The van der Waals surface area contributed by atoms with E-state index in [0.717, 1.165) is 4.47 Å². The van der Waals surface area contributed by atoms with E-state index in [2.05, 4.69) is 25.9 Å². The Bertz CT molecular complexity index is 397. The zero-order chi connectivity index (χ0) is 11.7. The Morgan fingerprint density at radius 2 is 2.12 bits per heavy atom. The Balaban J connectivity index is 2.25. The zero-order valence-corrected chi connectivity index (χ0v) is 9.83. The second kappa shape index (κ2) is 4.34. The molecule has 2 N–H and O–H groups in total. The predicted molar refractivity (Wildman–Crippen MR) is 59.1 cm³/mol. The standard InChI is InChI=1S/C9H10BrN3O3/c10-5-2-11-9(12-3-5)13-4-6(14)1-7(13)8(15)16/h2-3,6-7,14H,1,4H2,(H,15,16)/t6-,7+/m0/s1. The highest BCUT2D eigenvalue weighted by Gasteiger charge is 2.37. The molecule has 86 valence electrons. The van der Waals surface area contributed by atoms with Gasteiger partial charge in [0.15, 0.2) is 0 Å². The molecular formula is C9H10BrN3O3. The van der Waals surface area contributed by atoms with Crippen molar-refractivity contribution >= 4 is 27.8 Å². The van der Waals surface area contributed by atoms with Crippen molar-refractivity contribution in [2.24, 2.45) is 0 Å². The lowest BCUT2D eigenvalue weighted by Gasteiger charge is -2.20. The number of aliphatic hydroxyl groups excluding tert-OH is 1. The molecule has 2 heterocycles. The van der Waals surface area contributed by atoms with Crippen molar-refractivity contribution in [3.8, 4) is 0 Å². The third kappa shape index (κ3) is 2.14. The van der Waals surface area contributed by atoms with Crippen LogP contribution in [0, 0.1) is 0 Å². The van der Waals surface area contributed by atoms with Crippen molar-refractivity contribution < 1.29 is 15.0 Å². The van der Waals surface area contributed by atoms with Crippen molar-refractivity contribution in [3.63, 3.8) is 0 Å². The van der Waals surface area contributed by atoms with Gasteiger partial charge in [-0.3, -0.25) is 0 Å². The number of β-amino-alcohol motifs (C(OH)–C–C–N with tert-alkyl or cyclic N) is 1. The highest BCUT2D eigenvalue weighted by atomic mass is 79.9. The monoisotopic (exact) mass is 287 g/mol. The Labute approximate surface area is 100 Å². The number of aromatic nitrogens is 2. The lowest BCUT2D eigenvalue weighted by Crippen LogP contribution is -2.37. The van der Waals surface area contributed by atoms with Gasteiger partial charge in [-0.15, -0.1) is 0 Å². The molecular weight excluding hydrogens is 278 g/mol. The smallest absolute Gasteiger partial charge is 0.326 e. The number of nitrogens with zero attached hydrogens (tertiary/aromatic N) is 3. The summed E-state index contributed by atoms with van der Waals surface area (Å²) in [5.74, 6) is -0.643. The minimum atomic E-state index is -0.969. The van der Waals surface area contributed by atoms with Crippen molar-refractivity contribution in [2.45, 2.75) is 18.6 Å². The van der Waals surface area contributed by atoms with Crippen molar-refractivity contribution in [2.75, 3.05) is 11.4 Å². The van der Waals surface area contributed by atoms with E-state index in [4.69, 9.17) is 5.11 Å². The van der Waals surface area contributed by atoms with E-state index in [1.165, 1.54) is 4.90 Å². The second-order valence-corrected chi connectivity index (χ2v) is 4.51. The first kappa shape index (κ1) is 11.3. The molecule has 0 saturated carbocycles. The SMILES string of the molecule is O=C(O)[C@H]1C[C@H](O)CN1c1ncc(Br)cn1. The molecule has 0 unspecified atom stereocenters. The van der Waals surface area contributed by atoms with E-state index in [1.807, 2.05) is 0 Å². The molecule has 1 aliphatic heterocycles. The van der Waals surface area contributed by atoms with E-state index in [-0.39, 0.29) is 13.0 Å². The molecule has 1 aromatic heterocycles. The maximum absolute atomic E-state index is 11.0. The summed E-state index contributed by atoms with van der Waals surface area (Å²) in [6.07, 6.45) is 2.65. The quantitative estimate of drug-likeness (QED) is 0.812. The molecule has 0 radical (unpaired) electrons. The van der Waals surface area contributed by atoms with Crippen molar-refractivity contribution in [1.29, 1.82) is 0 Å². The highest BCUT2D eigenvalue weighted by molar-refractivity contribution is 9.10. The predicted octanol–water partition coefficient (Wildman–Crippen LogP) is 0.263. The summed E-state index contributed by atoms with van der Waals surface area (Å²) in [6.45, 7) is 0.249. The lowest BCUT2D eigenvalue weighted by molar-refractivity contribution is -0.138. The van der Waals surface area contributed by atoms with Gasteiger partial charge in [0.05, 0.1) is 10.6 Å². The molecule has 2 atom stereocenters. The molecule has 0 spiro atoms. The molecule has 1 saturated heterocycles. The van der Waals surface area contributed by atoms with E-state index in [9.17, 15) is 9.90 Å². The van der Waals surface area contributed by atoms with Gasteiger partial charge < -0.3 is 15.1 Å². The summed E-state index contributed by atoms with van der Waals surface area (Å²) in [5.41, 5.74) is 0. The van der Waals surface area contributed by atoms with Crippen molar-refractivity contribution in [3.05, 3.63) is 16.9 Å². The first-order valence-electron chi connectivity index (χ1n) is 4.73. The number of carboxylic acids is 1. The zero-order valence-electron chi connectivity index (χ0n) is 8.25. The Hall–Kier alpha value is -1.21. The Kier molecular flexibility index (Phi) is 3.06. The van der Waals surface area contributed by atoms with Gasteiger partial charge in [-0.1, -0.05) is 0 Å². The largest absolute Gasteiger partial charge is 0.480 e. The number of hydrogen-bond acceptors (Lipinski definition) is 5. The molecule has 2 rings (SSSR count). The number of carbonyl (C=O) groups is 1. The third-order valence-electron chi connectivity index (χ3n) is 2.43. The number of aliphatic hydroxyl groups is 1. The van der Waals surface area contributed by atoms with Gasteiger partial charge in [-0.05, 0) is 15.9 Å². The van der Waals surface area contributed by atoms with E-state index in [1.54, 1.807) is 12.4 Å². The van der Waals surface area contributed by atoms with Crippen LogP contribution in [0.4, 0.5) is 5.95 Å². The van der Waals surface area contributed by atoms with Crippen molar-refractivity contribution in [1.82, 2.24) is 9.97 Å². The number of rotatable bonds is 2. The highest BCUT2D eigenvalue weighted by Crippen LogP contribution is 2.23. The molecule has 1 aromatic rings. The molecule has 1 fully saturated rings. The molecule has 0 amide bonds. The number of carboxylic acid groups (broad SMARTS) is 1. The van der Waals surface area contributed by atoms with E-state index in [0.29, 0.717) is 5.95 Å². The van der Waals surface area contributed by atoms with Gasteiger partial charge in [0.2, 0.25) is 5.95 Å². The number of aliphatic carboxylic acids is 1. The Morgan fingerprint density at radius 3 is 2.69 bits per heavy atom. The van der Waals surface area contributed by atoms with Crippen LogP contribution in [0.15, 0.2) is 16.9 Å². The fourth-order valence-corrected chi connectivity index (χ4v) is 1.93. The van der Waals surface area contributed by atoms with Gasteiger partial charge in [0.25, 0.3) is 0 Å². The van der Waals surface area contributed by atoms with Crippen LogP contribution in [0.5, 0.6) is 0 Å². The molecule has 0 aliphatic carbocycles. The maximum Gasteiger partial charge on any atom is 0.326 e. The van der Waals surface area contributed by atoms with Gasteiger partial charge >= 0.3 is 5.97 Å². The number of hydrogen-bond donors (Lipinski definition) is 2. The van der Waals surface area contributed by atoms with Gasteiger partial charge in [0, 0.05) is 25.4 Å². The van der Waals surface area contributed by atoms with Crippen LogP contribution in [0.25, 0.3) is 0 Å². The summed E-state index contributed by atoms with van der Waals surface area (Å²) in [5, 5.41) is 18.5. The fraction of sp³-hybridized carbons (Fsp3) is 0.444. The average molecular weight is 288 g/mol. The minimum absolute atomic E-state index is 0.203. The summed E-state index contributed by atoms with van der Waals surface area (Å²) in [4.78, 5) is 20.5. The molecule has 16 heavy (non-hydrogen) atoms. The fourth-order valence-electron chi connectivity index (χ4n) is 1.72. The molecule has 7 heteroatoms. The first-order chi connectivity index (χ1) is 7.58. The summed E-state index contributed by atoms with van der Waals surface area (Å²) >= 11 is 3.20. The Morgan fingerprint density at radius 1 is 1.50 bits per heavy atom. The van der Waals surface area contributed by atoms with Gasteiger partial charge in [-0.25, -0.2) is 14.8 Å². The minimum Gasteiger partial charge on any atom is -0.480 e. The normalized spacial score (nSPS) is 24.8. The molecule has 1 aliphatic rings. The van der Waals surface area contributed by atoms with Crippen LogP contribution in [-0.4, -0.2) is 44.8 Å². The maximum atomic E-state index is 11.0. The first-order valence-corrected chi connectivity index (χ1v) is 5.52. The summed E-state index contributed by atoms with van der Waals surface area (Å²) < 4.78 is 0.725. The lowest BCUT2D eigenvalue weighted by atomic mass is 10.2. The van der Waals surface area contributed by atoms with Gasteiger partial charge in [0.1, 0.15) is 6.04 Å². The average Bonchev–Trinajstić information content (AvgIpc) is 2.61. The van der Waals surface area contributed by atoms with Crippen LogP contribution in [0.1, 0.15) is 6.42 Å². The molecule has 0 bridgehead atoms. The van der Waals surface area contributed by atoms with Crippen LogP contribution in [0.2, 0.25) is 0 Å². The molecule has 6 nitrogen and oxygen atoms in total. The van der Waals surface area contributed by atoms with E-state index >= 15 is 0 Å². The van der Waals surface area contributed by atoms with Crippen LogP contribution >= 0.6 is 15.9 Å². The second-order valence-electron chi connectivity index (χ2n) is 3.60. The third-order valence-corrected chi connectivity index (χ3v) is 2.84. The number of anilines is 1. The molecule has 0 aromatic carbocycles. The summed E-state index contributed by atoms with van der Waals surface area (Å²) in [6, 6.07) is -0.754. The van der Waals surface area contributed by atoms with E-state index < -0.39 is 18.1 Å². The topological polar surface area (TPSA) is 86.5 Å². The van der Waals surface area contributed by atoms with Crippen LogP contribution in [0.3, 0.4) is 0 Å².